The third kappa shape index (κ3) is 3.28. The van der Waals surface area contributed by atoms with Crippen LogP contribution in [0.25, 0.3) is 32.7 Å². The average molecular weight is 487 g/mol. The molecule has 7 rings (SSSR count). The van der Waals surface area contributed by atoms with Crippen LogP contribution in [-0.2, 0) is 5.41 Å². The Labute approximate surface area is 223 Å². The zero-order valence-corrected chi connectivity index (χ0v) is 21.2. The summed E-state index contributed by atoms with van der Waals surface area (Å²) in [6.45, 7) is 2.41. The number of benzene rings is 6. The first-order valence-corrected chi connectivity index (χ1v) is 13.0. The molecule has 0 heterocycles. The number of hydrogen-bond donors (Lipinski definition) is 0. The average Bonchev–Trinajstić information content (AvgIpc) is 3.27. The molecule has 0 bridgehead atoms. The van der Waals surface area contributed by atoms with Gasteiger partial charge in [-0.25, -0.2) is 0 Å². The van der Waals surface area contributed by atoms with Gasteiger partial charge in [0.25, 0.3) is 0 Å². The van der Waals surface area contributed by atoms with Crippen molar-refractivity contribution in [1.82, 2.24) is 0 Å². The topological polar surface area (TPSA) is 9.23 Å². The Kier molecular flexibility index (Phi) is 5.10. The van der Waals surface area contributed by atoms with Crippen LogP contribution < -0.4 is 4.74 Å². The Morgan fingerprint density at radius 2 is 1.13 bits per heavy atom. The first kappa shape index (κ1) is 22.4. The zero-order chi connectivity index (χ0) is 25.7. The fourth-order valence-corrected chi connectivity index (χ4v) is 6.29. The number of fused-ring (bicyclic) bond motifs is 5. The molecule has 180 valence electrons. The quantitative estimate of drug-likeness (QED) is 0.226. The molecule has 0 aliphatic heterocycles. The molecule has 1 nitrogen and oxygen atoms in total. The molecule has 0 saturated carbocycles. The van der Waals surface area contributed by atoms with Gasteiger partial charge >= 0.3 is 0 Å². The van der Waals surface area contributed by atoms with Crippen molar-refractivity contribution in [2.24, 2.45) is 0 Å². The molecule has 0 unspecified atom stereocenters. The minimum absolute atomic E-state index is 0.266. The molecular weight excluding hydrogens is 460 g/mol. The molecular formula is C37H26O. The number of rotatable bonds is 4. The highest BCUT2D eigenvalue weighted by molar-refractivity contribution is 5.92. The third-order valence-corrected chi connectivity index (χ3v) is 7.95. The van der Waals surface area contributed by atoms with Crippen molar-refractivity contribution in [3.63, 3.8) is 0 Å². The molecule has 0 spiro atoms. The Hall–Kier alpha value is -4.80. The lowest BCUT2D eigenvalue weighted by Crippen LogP contribution is -2.28. The summed E-state index contributed by atoms with van der Waals surface area (Å²) in [6, 6.07) is 44.5. The molecule has 0 N–H and O–H groups in total. The van der Waals surface area contributed by atoms with Gasteiger partial charge in [-0.3, -0.25) is 0 Å². The standard InChI is InChI=1S/C37H26O/c1-3-20-38-32-19-16-28-23-31(18-15-29(28)24-32)37(30-17-14-26-21-25(2)12-13-27(26)22-30)35-10-6-4-8-33(35)34-9-5-7-11-36(34)37/h1,4-19,21-24H,20H2,2H3. The maximum Gasteiger partial charge on any atom is 0.148 e. The van der Waals surface area contributed by atoms with E-state index in [4.69, 9.17) is 11.2 Å². The second-order valence-corrected chi connectivity index (χ2v) is 10.1. The number of terminal acetylenes is 1. The molecule has 0 amide bonds. The predicted molar refractivity (Wildman–Crippen MR) is 158 cm³/mol. The summed E-state index contributed by atoms with van der Waals surface area (Å²) >= 11 is 0. The predicted octanol–water partition coefficient (Wildman–Crippen LogP) is 8.68. The molecule has 6 aromatic rings. The van der Waals surface area contributed by atoms with Crippen LogP contribution in [0, 0.1) is 19.3 Å². The van der Waals surface area contributed by atoms with Crippen molar-refractivity contribution in [1.29, 1.82) is 0 Å². The van der Waals surface area contributed by atoms with Gasteiger partial charge in [0.1, 0.15) is 12.4 Å². The van der Waals surface area contributed by atoms with E-state index in [9.17, 15) is 0 Å². The van der Waals surface area contributed by atoms with E-state index in [0.717, 1.165) is 11.1 Å². The SMILES string of the molecule is C#CCOc1ccc2cc(C3(c4ccc5cc(C)ccc5c4)c4ccccc4-c4ccccc43)ccc2c1. The molecule has 1 heteroatoms. The van der Waals surface area contributed by atoms with Gasteiger partial charge in [0.05, 0.1) is 5.41 Å². The smallest absolute Gasteiger partial charge is 0.148 e. The summed E-state index contributed by atoms with van der Waals surface area (Å²) in [6.07, 6.45) is 5.39. The Morgan fingerprint density at radius 3 is 1.76 bits per heavy atom. The van der Waals surface area contributed by atoms with Gasteiger partial charge in [0.2, 0.25) is 0 Å². The highest BCUT2D eigenvalue weighted by Crippen LogP contribution is 2.56. The van der Waals surface area contributed by atoms with Crippen LogP contribution in [0.2, 0.25) is 0 Å². The number of aryl methyl sites for hydroxylation is 1. The van der Waals surface area contributed by atoms with Crippen LogP contribution >= 0.6 is 0 Å². The van der Waals surface area contributed by atoms with Gasteiger partial charge in [-0.15, -0.1) is 6.42 Å². The van der Waals surface area contributed by atoms with Crippen molar-refractivity contribution >= 4 is 21.5 Å². The van der Waals surface area contributed by atoms with Gasteiger partial charge in [0.15, 0.2) is 0 Å². The molecule has 0 radical (unpaired) electrons. The molecule has 0 fully saturated rings. The number of ether oxygens (including phenoxy) is 1. The lowest BCUT2D eigenvalue weighted by Gasteiger charge is -2.34. The number of hydrogen-bond acceptors (Lipinski definition) is 1. The van der Waals surface area contributed by atoms with Crippen molar-refractivity contribution in [3.05, 3.63) is 149 Å². The lowest BCUT2D eigenvalue weighted by molar-refractivity contribution is 0.371. The van der Waals surface area contributed by atoms with E-state index < -0.39 is 5.41 Å². The molecule has 6 aromatic carbocycles. The van der Waals surface area contributed by atoms with Crippen molar-refractivity contribution in [3.8, 4) is 29.2 Å². The minimum atomic E-state index is -0.431. The van der Waals surface area contributed by atoms with Crippen LogP contribution in [0.5, 0.6) is 5.75 Å². The molecule has 1 aliphatic carbocycles. The third-order valence-electron chi connectivity index (χ3n) is 7.95. The molecule has 0 aromatic heterocycles. The summed E-state index contributed by atoms with van der Waals surface area (Å²) < 4.78 is 5.69. The first-order chi connectivity index (χ1) is 18.7. The van der Waals surface area contributed by atoms with E-state index in [0.29, 0.717) is 0 Å². The Bertz CT molecular complexity index is 1860. The van der Waals surface area contributed by atoms with Crippen molar-refractivity contribution < 1.29 is 4.74 Å². The van der Waals surface area contributed by atoms with Crippen LogP contribution in [0.4, 0.5) is 0 Å². The van der Waals surface area contributed by atoms with Gasteiger partial charge in [-0.05, 0) is 86.1 Å². The highest BCUT2D eigenvalue weighted by Gasteiger charge is 2.46. The normalized spacial score (nSPS) is 13.2. The molecule has 0 saturated heterocycles. The van der Waals surface area contributed by atoms with E-state index >= 15 is 0 Å². The fourth-order valence-electron chi connectivity index (χ4n) is 6.29. The van der Waals surface area contributed by atoms with Crippen molar-refractivity contribution in [2.45, 2.75) is 12.3 Å². The molecule has 1 aliphatic rings. The van der Waals surface area contributed by atoms with E-state index in [2.05, 4.69) is 128 Å². The molecule has 38 heavy (non-hydrogen) atoms. The summed E-state index contributed by atoms with van der Waals surface area (Å²) in [4.78, 5) is 0. The lowest BCUT2D eigenvalue weighted by atomic mass is 9.67. The van der Waals surface area contributed by atoms with Crippen LogP contribution in [-0.4, -0.2) is 6.61 Å². The Morgan fingerprint density at radius 1 is 0.605 bits per heavy atom. The van der Waals surface area contributed by atoms with Gasteiger partial charge in [-0.1, -0.05) is 109 Å². The molecule has 0 atom stereocenters. The summed E-state index contributed by atoms with van der Waals surface area (Å²) in [5, 5.41) is 4.83. The summed E-state index contributed by atoms with van der Waals surface area (Å²) in [5.41, 5.74) is 8.61. The van der Waals surface area contributed by atoms with E-state index in [1.807, 2.05) is 6.07 Å². The van der Waals surface area contributed by atoms with E-state index in [-0.39, 0.29) is 6.61 Å². The fraction of sp³-hybridized carbons (Fsp3) is 0.0811. The second kappa shape index (κ2) is 8.65. The van der Waals surface area contributed by atoms with E-state index in [1.165, 1.54) is 55.1 Å². The Balaban J connectivity index is 1.54. The van der Waals surface area contributed by atoms with E-state index in [1.54, 1.807) is 0 Å². The van der Waals surface area contributed by atoms with Crippen molar-refractivity contribution in [2.75, 3.05) is 6.61 Å². The maximum atomic E-state index is 5.69. The largest absolute Gasteiger partial charge is 0.481 e. The van der Waals surface area contributed by atoms with Gasteiger partial charge in [0, 0.05) is 0 Å². The summed E-state index contributed by atoms with van der Waals surface area (Å²) in [7, 11) is 0. The minimum Gasteiger partial charge on any atom is -0.481 e. The van der Waals surface area contributed by atoms with Gasteiger partial charge in [-0.2, -0.15) is 0 Å². The van der Waals surface area contributed by atoms with Gasteiger partial charge < -0.3 is 4.74 Å². The van der Waals surface area contributed by atoms with Crippen LogP contribution in [0.15, 0.2) is 121 Å². The summed E-state index contributed by atoms with van der Waals surface area (Å²) in [5.74, 6) is 3.34. The first-order valence-electron chi connectivity index (χ1n) is 13.0. The maximum absolute atomic E-state index is 5.69. The monoisotopic (exact) mass is 486 g/mol. The van der Waals surface area contributed by atoms with Crippen LogP contribution in [0.1, 0.15) is 27.8 Å². The second-order valence-electron chi connectivity index (χ2n) is 10.1. The highest BCUT2D eigenvalue weighted by atomic mass is 16.5. The zero-order valence-electron chi connectivity index (χ0n) is 21.2. The van der Waals surface area contributed by atoms with Crippen LogP contribution in [0.3, 0.4) is 0 Å².